The Labute approximate surface area is 190 Å². The van der Waals surface area contributed by atoms with Crippen LogP contribution in [-0.2, 0) is 6.54 Å². The van der Waals surface area contributed by atoms with E-state index >= 15 is 0 Å². The molecule has 5 nitrogen and oxygen atoms in total. The SMILES string of the molecule is Cc1ccc(Cn2nc(Cl)nc2Sc2ccccc2NC(=O)c2cccc(C)c2)cc1. The number of anilines is 1. The minimum Gasteiger partial charge on any atom is -0.321 e. The lowest BCUT2D eigenvalue weighted by Gasteiger charge is -2.11. The number of halogens is 1. The minimum atomic E-state index is -0.157. The lowest BCUT2D eigenvalue weighted by molar-refractivity contribution is 0.102. The van der Waals surface area contributed by atoms with Gasteiger partial charge < -0.3 is 5.32 Å². The van der Waals surface area contributed by atoms with Crippen LogP contribution in [-0.4, -0.2) is 20.7 Å². The summed E-state index contributed by atoms with van der Waals surface area (Å²) in [5, 5.41) is 8.19. The molecule has 0 radical (unpaired) electrons. The van der Waals surface area contributed by atoms with Crippen molar-refractivity contribution < 1.29 is 4.79 Å². The van der Waals surface area contributed by atoms with E-state index in [-0.39, 0.29) is 11.2 Å². The van der Waals surface area contributed by atoms with Crippen molar-refractivity contribution in [3.8, 4) is 0 Å². The molecule has 1 heterocycles. The van der Waals surface area contributed by atoms with E-state index in [9.17, 15) is 4.79 Å². The molecule has 0 fully saturated rings. The summed E-state index contributed by atoms with van der Waals surface area (Å²) in [5.74, 6) is -0.157. The highest BCUT2D eigenvalue weighted by Gasteiger charge is 2.15. The number of benzene rings is 3. The van der Waals surface area contributed by atoms with Crippen molar-refractivity contribution in [2.75, 3.05) is 5.32 Å². The van der Waals surface area contributed by atoms with E-state index in [0.717, 1.165) is 16.0 Å². The van der Waals surface area contributed by atoms with Crippen LogP contribution in [0.3, 0.4) is 0 Å². The first-order valence-corrected chi connectivity index (χ1v) is 11.0. The van der Waals surface area contributed by atoms with Crippen LogP contribution in [0.25, 0.3) is 0 Å². The van der Waals surface area contributed by atoms with E-state index in [0.29, 0.717) is 23.0 Å². The highest BCUT2D eigenvalue weighted by molar-refractivity contribution is 7.99. The number of para-hydroxylation sites is 1. The van der Waals surface area contributed by atoms with Crippen molar-refractivity contribution >= 4 is 35.0 Å². The molecule has 0 saturated carbocycles. The van der Waals surface area contributed by atoms with Crippen molar-refractivity contribution in [1.29, 1.82) is 0 Å². The highest BCUT2D eigenvalue weighted by Crippen LogP contribution is 2.33. The van der Waals surface area contributed by atoms with E-state index in [4.69, 9.17) is 11.6 Å². The Morgan fingerprint density at radius 3 is 2.55 bits per heavy atom. The molecule has 0 bridgehead atoms. The number of nitrogens with zero attached hydrogens (tertiary/aromatic N) is 3. The lowest BCUT2D eigenvalue weighted by Crippen LogP contribution is -2.12. The largest absolute Gasteiger partial charge is 0.321 e. The number of hydrogen-bond donors (Lipinski definition) is 1. The molecule has 1 amide bonds. The van der Waals surface area contributed by atoms with E-state index in [1.165, 1.54) is 17.3 Å². The zero-order chi connectivity index (χ0) is 21.8. The maximum Gasteiger partial charge on any atom is 0.255 e. The minimum absolute atomic E-state index is 0.157. The molecule has 0 atom stereocenters. The fourth-order valence-electron chi connectivity index (χ4n) is 3.08. The predicted octanol–water partition coefficient (Wildman–Crippen LogP) is 6.00. The Kier molecular flexibility index (Phi) is 6.39. The summed E-state index contributed by atoms with van der Waals surface area (Å²) >= 11 is 7.53. The normalized spacial score (nSPS) is 10.8. The zero-order valence-corrected chi connectivity index (χ0v) is 18.7. The molecule has 31 heavy (non-hydrogen) atoms. The van der Waals surface area contributed by atoms with Gasteiger partial charge in [-0.3, -0.25) is 4.79 Å². The summed E-state index contributed by atoms with van der Waals surface area (Å²) in [6.45, 7) is 4.57. The molecule has 4 rings (SSSR count). The van der Waals surface area contributed by atoms with E-state index in [2.05, 4.69) is 46.6 Å². The molecule has 1 aromatic heterocycles. The van der Waals surface area contributed by atoms with Gasteiger partial charge in [-0.1, -0.05) is 59.7 Å². The van der Waals surface area contributed by atoms with Crippen LogP contribution in [0.2, 0.25) is 5.28 Å². The first-order valence-electron chi connectivity index (χ1n) is 9.79. The second-order valence-corrected chi connectivity index (χ2v) is 8.58. The molecule has 0 aliphatic rings. The third kappa shape index (κ3) is 5.34. The number of nitrogens with one attached hydrogen (secondary N) is 1. The molecular formula is C24H21ClN4OS. The van der Waals surface area contributed by atoms with Gasteiger partial charge in [0.05, 0.1) is 12.2 Å². The molecule has 0 saturated heterocycles. The summed E-state index contributed by atoms with van der Waals surface area (Å²) in [6.07, 6.45) is 0. The van der Waals surface area contributed by atoms with Gasteiger partial charge in [0.15, 0.2) is 5.16 Å². The van der Waals surface area contributed by atoms with Crippen LogP contribution in [0, 0.1) is 13.8 Å². The highest BCUT2D eigenvalue weighted by atomic mass is 35.5. The van der Waals surface area contributed by atoms with Gasteiger partial charge in [0, 0.05) is 10.5 Å². The number of aromatic nitrogens is 3. The summed E-state index contributed by atoms with van der Waals surface area (Å²) < 4.78 is 1.77. The maximum atomic E-state index is 12.7. The van der Waals surface area contributed by atoms with Crippen LogP contribution in [0.15, 0.2) is 82.8 Å². The smallest absolute Gasteiger partial charge is 0.255 e. The predicted molar refractivity (Wildman–Crippen MR) is 125 cm³/mol. The average Bonchev–Trinajstić information content (AvgIpc) is 3.09. The third-order valence-corrected chi connectivity index (χ3v) is 5.90. The van der Waals surface area contributed by atoms with Crippen LogP contribution in [0.5, 0.6) is 0 Å². The van der Waals surface area contributed by atoms with Crippen molar-refractivity contribution in [1.82, 2.24) is 14.8 Å². The van der Waals surface area contributed by atoms with Gasteiger partial charge in [-0.25, -0.2) is 4.68 Å². The van der Waals surface area contributed by atoms with Gasteiger partial charge in [0.2, 0.25) is 5.28 Å². The standard InChI is InChI=1S/C24H21ClN4OS/c1-16-10-12-18(13-11-16)15-29-24(27-23(25)28-29)31-21-9-4-3-8-20(21)26-22(30)19-7-5-6-17(2)14-19/h3-14H,15H2,1-2H3,(H,26,30). The quantitative estimate of drug-likeness (QED) is 0.393. The third-order valence-electron chi connectivity index (χ3n) is 4.68. The second kappa shape index (κ2) is 9.37. The van der Waals surface area contributed by atoms with Crippen molar-refractivity contribution in [2.45, 2.75) is 30.4 Å². The molecule has 0 aliphatic carbocycles. The molecule has 4 aromatic rings. The Morgan fingerprint density at radius 2 is 1.77 bits per heavy atom. The first kappa shape index (κ1) is 21.2. The zero-order valence-electron chi connectivity index (χ0n) is 17.2. The summed E-state index contributed by atoms with van der Waals surface area (Å²) in [6, 6.07) is 23.4. The molecule has 0 aliphatic heterocycles. The van der Waals surface area contributed by atoms with Gasteiger partial charge in [0.1, 0.15) is 0 Å². The fraction of sp³-hybridized carbons (Fsp3) is 0.125. The van der Waals surface area contributed by atoms with E-state index < -0.39 is 0 Å². The first-order chi connectivity index (χ1) is 15.0. The van der Waals surface area contributed by atoms with Crippen molar-refractivity contribution in [2.24, 2.45) is 0 Å². The number of rotatable bonds is 6. The number of amides is 1. The maximum absolute atomic E-state index is 12.7. The Bertz CT molecular complexity index is 1220. The van der Waals surface area contributed by atoms with Gasteiger partial charge >= 0.3 is 0 Å². The van der Waals surface area contributed by atoms with E-state index in [1.54, 1.807) is 10.7 Å². The molecule has 156 valence electrons. The molecule has 3 aromatic carbocycles. The van der Waals surface area contributed by atoms with Crippen LogP contribution in [0.4, 0.5) is 5.69 Å². The Hall–Kier alpha value is -3.09. The number of carbonyl (C=O) groups excluding carboxylic acids is 1. The van der Waals surface area contributed by atoms with Crippen molar-refractivity contribution in [3.05, 3.63) is 100 Å². The fourth-order valence-corrected chi connectivity index (χ4v) is 4.22. The summed E-state index contributed by atoms with van der Waals surface area (Å²) in [5.41, 5.74) is 4.67. The summed E-state index contributed by atoms with van der Waals surface area (Å²) in [4.78, 5) is 18.0. The Balaban J connectivity index is 1.57. The average molecular weight is 449 g/mol. The molecule has 7 heteroatoms. The van der Waals surface area contributed by atoms with Crippen LogP contribution >= 0.6 is 23.4 Å². The van der Waals surface area contributed by atoms with Crippen LogP contribution < -0.4 is 5.32 Å². The van der Waals surface area contributed by atoms with Gasteiger partial charge in [0.25, 0.3) is 5.91 Å². The van der Waals surface area contributed by atoms with Crippen molar-refractivity contribution in [3.63, 3.8) is 0 Å². The second-order valence-electron chi connectivity index (χ2n) is 7.23. The van der Waals surface area contributed by atoms with Gasteiger partial charge in [-0.2, -0.15) is 4.98 Å². The van der Waals surface area contributed by atoms with Gasteiger partial charge in [-0.15, -0.1) is 5.10 Å². The topological polar surface area (TPSA) is 59.8 Å². The number of hydrogen-bond acceptors (Lipinski definition) is 4. The number of carbonyl (C=O) groups is 1. The molecule has 0 unspecified atom stereocenters. The molecule has 0 spiro atoms. The monoisotopic (exact) mass is 448 g/mol. The number of aryl methyl sites for hydroxylation is 2. The van der Waals surface area contributed by atoms with E-state index in [1.807, 2.05) is 49.4 Å². The Morgan fingerprint density at radius 1 is 1.00 bits per heavy atom. The molecular weight excluding hydrogens is 428 g/mol. The van der Waals surface area contributed by atoms with Crippen LogP contribution in [0.1, 0.15) is 27.0 Å². The van der Waals surface area contributed by atoms with Gasteiger partial charge in [-0.05, 0) is 67.0 Å². The summed E-state index contributed by atoms with van der Waals surface area (Å²) in [7, 11) is 0. The molecule has 1 N–H and O–H groups in total. The lowest BCUT2D eigenvalue weighted by atomic mass is 10.1.